The molecule has 0 aliphatic heterocycles. The van der Waals surface area contributed by atoms with E-state index >= 15 is 0 Å². The first-order chi connectivity index (χ1) is 8.88. The van der Waals surface area contributed by atoms with E-state index in [0.29, 0.717) is 13.1 Å². The number of aliphatic hydroxyl groups is 1. The topological polar surface area (TPSA) is 50.7 Å². The molecule has 19 heavy (non-hydrogen) atoms. The molecule has 0 radical (unpaired) electrons. The molecule has 4 nitrogen and oxygen atoms in total. The Morgan fingerprint density at radius 3 is 2.32 bits per heavy atom. The van der Waals surface area contributed by atoms with E-state index in [1.54, 1.807) is 14.2 Å². The second-order valence-electron chi connectivity index (χ2n) is 5.70. The average Bonchev–Trinajstić information content (AvgIpc) is 2.37. The number of rotatable bonds is 6. The lowest BCUT2D eigenvalue weighted by Crippen LogP contribution is -2.36. The second kappa shape index (κ2) is 6.78. The first kappa shape index (κ1) is 15.8. The molecule has 0 heterocycles. The SMILES string of the molecule is COc1ccc(CNCC(O)C(C)(C)C)cc1OC. The largest absolute Gasteiger partial charge is 0.493 e. The summed E-state index contributed by atoms with van der Waals surface area (Å²) in [6.07, 6.45) is -0.368. The van der Waals surface area contributed by atoms with Gasteiger partial charge in [0.1, 0.15) is 0 Å². The summed E-state index contributed by atoms with van der Waals surface area (Å²) in [5.74, 6) is 1.44. The van der Waals surface area contributed by atoms with Gasteiger partial charge in [0.2, 0.25) is 0 Å². The summed E-state index contributed by atoms with van der Waals surface area (Å²) < 4.78 is 10.4. The van der Waals surface area contributed by atoms with Crippen LogP contribution in [-0.2, 0) is 6.54 Å². The van der Waals surface area contributed by atoms with Crippen LogP contribution in [0.2, 0.25) is 0 Å². The van der Waals surface area contributed by atoms with Crippen LogP contribution in [-0.4, -0.2) is 32.0 Å². The number of nitrogens with one attached hydrogen (secondary N) is 1. The predicted octanol–water partition coefficient (Wildman–Crippen LogP) is 2.20. The normalized spacial score (nSPS) is 13.2. The highest BCUT2D eigenvalue weighted by atomic mass is 16.5. The van der Waals surface area contributed by atoms with Crippen molar-refractivity contribution in [2.45, 2.75) is 33.4 Å². The van der Waals surface area contributed by atoms with Crippen LogP contribution in [0.3, 0.4) is 0 Å². The standard InChI is InChI=1S/C15H25NO3/c1-15(2,3)14(17)10-16-9-11-6-7-12(18-4)13(8-11)19-5/h6-8,14,16-17H,9-10H2,1-5H3. The van der Waals surface area contributed by atoms with Crippen molar-refractivity contribution in [2.75, 3.05) is 20.8 Å². The van der Waals surface area contributed by atoms with E-state index in [4.69, 9.17) is 9.47 Å². The Kier molecular flexibility index (Phi) is 5.63. The monoisotopic (exact) mass is 267 g/mol. The molecule has 0 fully saturated rings. The second-order valence-corrected chi connectivity index (χ2v) is 5.70. The third-order valence-electron chi connectivity index (χ3n) is 3.11. The quantitative estimate of drug-likeness (QED) is 0.829. The summed E-state index contributed by atoms with van der Waals surface area (Å²) in [6.45, 7) is 7.33. The summed E-state index contributed by atoms with van der Waals surface area (Å²) >= 11 is 0. The lowest BCUT2D eigenvalue weighted by atomic mass is 9.89. The number of methoxy groups -OCH3 is 2. The van der Waals surface area contributed by atoms with Crippen LogP contribution < -0.4 is 14.8 Å². The van der Waals surface area contributed by atoms with Gasteiger partial charge >= 0.3 is 0 Å². The molecular formula is C15H25NO3. The summed E-state index contributed by atoms with van der Waals surface area (Å²) in [4.78, 5) is 0. The molecule has 4 heteroatoms. The highest BCUT2D eigenvalue weighted by Crippen LogP contribution is 2.27. The minimum Gasteiger partial charge on any atom is -0.493 e. The fraction of sp³-hybridized carbons (Fsp3) is 0.600. The first-order valence-electron chi connectivity index (χ1n) is 6.48. The van der Waals surface area contributed by atoms with Gasteiger partial charge in [-0.15, -0.1) is 0 Å². The van der Waals surface area contributed by atoms with E-state index in [2.05, 4.69) is 5.32 Å². The van der Waals surface area contributed by atoms with Crippen molar-refractivity contribution in [3.63, 3.8) is 0 Å². The van der Waals surface area contributed by atoms with E-state index in [-0.39, 0.29) is 11.5 Å². The Morgan fingerprint density at radius 1 is 1.16 bits per heavy atom. The maximum atomic E-state index is 9.94. The van der Waals surface area contributed by atoms with E-state index in [9.17, 15) is 5.11 Å². The van der Waals surface area contributed by atoms with Crippen LogP contribution in [0.1, 0.15) is 26.3 Å². The molecule has 108 valence electrons. The van der Waals surface area contributed by atoms with Gasteiger partial charge in [0.15, 0.2) is 11.5 Å². The average molecular weight is 267 g/mol. The van der Waals surface area contributed by atoms with Crippen LogP contribution in [0.5, 0.6) is 11.5 Å². The van der Waals surface area contributed by atoms with Crippen molar-refractivity contribution in [1.29, 1.82) is 0 Å². The van der Waals surface area contributed by atoms with Gasteiger partial charge in [-0.25, -0.2) is 0 Å². The summed E-state index contributed by atoms with van der Waals surface area (Å²) in [5, 5.41) is 13.2. The molecule has 1 aromatic carbocycles. The smallest absolute Gasteiger partial charge is 0.161 e. The van der Waals surface area contributed by atoms with E-state index in [1.165, 1.54) is 0 Å². The molecule has 0 aliphatic carbocycles. The highest BCUT2D eigenvalue weighted by molar-refractivity contribution is 5.42. The van der Waals surface area contributed by atoms with Gasteiger partial charge in [0.25, 0.3) is 0 Å². The predicted molar refractivity (Wildman–Crippen MR) is 76.7 cm³/mol. The van der Waals surface area contributed by atoms with Crippen molar-refractivity contribution in [3.05, 3.63) is 23.8 Å². The van der Waals surface area contributed by atoms with Crippen LogP contribution in [0, 0.1) is 5.41 Å². The Hall–Kier alpha value is -1.26. The van der Waals surface area contributed by atoms with Crippen LogP contribution in [0.4, 0.5) is 0 Å². The highest BCUT2D eigenvalue weighted by Gasteiger charge is 2.21. The third-order valence-corrected chi connectivity index (χ3v) is 3.11. The lowest BCUT2D eigenvalue weighted by molar-refractivity contribution is 0.0627. The Morgan fingerprint density at radius 2 is 1.79 bits per heavy atom. The molecule has 0 aromatic heterocycles. The Balaban J connectivity index is 2.54. The molecule has 0 saturated carbocycles. The van der Waals surface area contributed by atoms with Crippen molar-refractivity contribution in [3.8, 4) is 11.5 Å². The zero-order chi connectivity index (χ0) is 14.5. The van der Waals surface area contributed by atoms with Crippen molar-refractivity contribution in [2.24, 2.45) is 5.41 Å². The number of benzene rings is 1. The molecule has 1 rings (SSSR count). The molecular weight excluding hydrogens is 242 g/mol. The zero-order valence-electron chi connectivity index (χ0n) is 12.5. The van der Waals surface area contributed by atoms with Crippen LogP contribution >= 0.6 is 0 Å². The molecule has 1 atom stereocenters. The van der Waals surface area contributed by atoms with Gasteiger partial charge in [0, 0.05) is 13.1 Å². The lowest BCUT2D eigenvalue weighted by Gasteiger charge is -2.26. The summed E-state index contributed by atoms with van der Waals surface area (Å²) in [5.41, 5.74) is 0.990. The van der Waals surface area contributed by atoms with Crippen LogP contribution in [0.15, 0.2) is 18.2 Å². The maximum Gasteiger partial charge on any atom is 0.161 e. The molecule has 0 saturated heterocycles. The number of aliphatic hydroxyl groups excluding tert-OH is 1. The number of hydrogen-bond donors (Lipinski definition) is 2. The zero-order valence-corrected chi connectivity index (χ0v) is 12.5. The van der Waals surface area contributed by atoms with Gasteiger partial charge in [0.05, 0.1) is 20.3 Å². The molecule has 1 unspecified atom stereocenters. The van der Waals surface area contributed by atoms with Gasteiger partial charge < -0.3 is 19.9 Å². The molecule has 0 amide bonds. The third kappa shape index (κ3) is 4.73. The van der Waals surface area contributed by atoms with Gasteiger partial charge in [-0.1, -0.05) is 26.8 Å². The van der Waals surface area contributed by atoms with E-state index < -0.39 is 0 Å². The van der Waals surface area contributed by atoms with Crippen LogP contribution in [0.25, 0.3) is 0 Å². The van der Waals surface area contributed by atoms with Gasteiger partial charge in [-0.05, 0) is 23.1 Å². The van der Waals surface area contributed by atoms with Crippen molar-refractivity contribution < 1.29 is 14.6 Å². The molecule has 0 spiro atoms. The van der Waals surface area contributed by atoms with Crippen molar-refractivity contribution in [1.82, 2.24) is 5.32 Å². The Labute approximate surface area is 115 Å². The number of hydrogen-bond acceptors (Lipinski definition) is 4. The Bertz CT molecular complexity index is 399. The first-order valence-corrected chi connectivity index (χ1v) is 6.48. The van der Waals surface area contributed by atoms with Gasteiger partial charge in [-0.3, -0.25) is 0 Å². The fourth-order valence-corrected chi connectivity index (χ4v) is 1.65. The minimum atomic E-state index is -0.368. The van der Waals surface area contributed by atoms with Crippen molar-refractivity contribution >= 4 is 0 Å². The minimum absolute atomic E-state index is 0.107. The summed E-state index contributed by atoms with van der Waals surface area (Å²) in [6, 6.07) is 5.81. The molecule has 1 aromatic rings. The molecule has 0 bridgehead atoms. The fourth-order valence-electron chi connectivity index (χ4n) is 1.65. The van der Waals surface area contributed by atoms with E-state index in [1.807, 2.05) is 39.0 Å². The maximum absolute atomic E-state index is 9.94. The molecule has 0 aliphatic rings. The molecule has 2 N–H and O–H groups in total. The summed E-state index contributed by atoms with van der Waals surface area (Å²) in [7, 11) is 3.24. The van der Waals surface area contributed by atoms with Gasteiger partial charge in [-0.2, -0.15) is 0 Å². The van der Waals surface area contributed by atoms with E-state index in [0.717, 1.165) is 17.1 Å². The number of ether oxygens (including phenoxy) is 2.